The fourth-order valence-corrected chi connectivity index (χ4v) is 2.67. The summed E-state index contributed by atoms with van der Waals surface area (Å²) < 4.78 is 3.02. The van der Waals surface area contributed by atoms with Gasteiger partial charge in [0.25, 0.3) is 0 Å². The molecule has 22 heavy (non-hydrogen) atoms. The number of aryl methyl sites for hydroxylation is 1. The van der Waals surface area contributed by atoms with Gasteiger partial charge in [-0.2, -0.15) is 0 Å². The zero-order valence-corrected chi connectivity index (χ0v) is 13.8. The molecule has 3 aromatic rings. The molecule has 112 valence electrons. The van der Waals surface area contributed by atoms with E-state index >= 15 is 0 Å². The van der Waals surface area contributed by atoms with Crippen LogP contribution in [0.3, 0.4) is 0 Å². The first-order valence-corrected chi connectivity index (χ1v) is 7.86. The molecule has 3 rings (SSSR count). The third-order valence-corrected chi connectivity index (χ3v) is 4.09. The van der Waals surface area contributed by atoms with Gasteiger partial charge < -0.3 is 9.72 Å². The Kier molecular flexibility index (Phi) is 4.24. The minimum atomic E-state index is 0.00704. The highest BCUT2D eigenvalue weighted by molar-refractivity contribution is 9.10. The summed E-state index contributed by atoms with van der Waals surface area (Å²) in [5.74, 6) is 0.00704. The summed E-state index contributed by atoms with van der Waals surface area (Å²) in [6.07, 6.45) is 2.34. The Balaban J connectivity index is 1.67. The number of carbonyl (C=O) groups excluding carboxylic acids is 1. The van der Waals surface area contributed by atoms with Crippen molar-refractivity contribution in [2.45, 2.75) is 19.9 Å². The molecule has 0 radical (unpaired) electrons. The number of halogens is 1. The van der Waals surface area contributed by atoms with Gasteiger partial charge in [-0.15, -0.1) is 0 Å². The number of nitrogens with zero attached hydrogens (tertiary/aromatic N) is 2. The van der Waals surface area contributed by atoms with Gasteiger partial charge in [0.05, 0.1) is 24.4 Å². The van der Waals surface area contributed by atoms with Crippen LogP contribution in [0.25, 0.3) is 5.65 Å². The van der Waals surface area contributed by atoms with E-state index in [0.717, 1.165) is 27.1 Å². The maximum absolute atomic E-state index is 12.1. The van der Waals surface area contributed by atoms with E-state index in [-0.39, 0.29) is 5.91 Å². The molecule has 0 aliphatic rings. The largest absolute Gasteiger partial charge is 0.350 e. The first-order valence-electron chi connectivity index (χ1n) is 7.07. The summed E-state index contributed by atoms with van der Waals surface area (Å²) in [7, 11) is 0. The number of hydrogen-bond donors (Lipinski definition) is 1. The Bertz CT molecular complexity index is 808. The lowest BCUT2D eigenvalue weighted by Crippen LogP contribution is -2.25. The molecule has 0 saturated carbocycles. The molecule has 1 N–H and O–H groups in total. The van der Waals surface area contributed by atoms with Crippen molar-refractivity contribution >= 4 is 27.5 Å². The molecule has 0 fully saturated rings. The molecule has 0 spiro atoms. The van der Waals surface area contributed by atoms with Crippen LogP contribution in [0, 0.1) is 6.92 Å². The van der Waals surface area contributed by atoms with Crippen LogP contribution in [0.15, 0.2) is 53.1 Å². The molecule has 0 bridgehead atoms. The molecule has 2 heterocycles. The monoisotopic (exact) mass is 357 g/mol. The fraction of sp³-hybridized carbons (Fsp3) is 0.176. The highest BCUT2D eigenvalue weighted by Gasteiger charge is 2.10. The van der Waals surface area contributed by atoms with E-state index in [1.807, 2.05) is 60.0 Å². The number of rotatable bonds is 4. The van der Waals surface area contributed by atoms with Gasteiger partial charge in [0.15, 0.2) is 0 Å². The maximum atomic E-state index is 12.1. The third kappa shape index (κ3) is 3.20. The van der Waals surface area contributed by atoms with E-state index in [1.165, 1.54) is 0 Å². The number of benzene rings is 1. The molecule has 1 aromatic carbocycles. The average molecular weight is 358 g/mol. The second kappa shape index (κ2) is 6.32. The summed E-state index contributed by atoms with van der Waals surface area (Å²) >= 11 is 3.39. The minimum Gasteiger partial charge on any atom is -0.350 e. The molecule has 0 atom stereocenters. The van der Waals surface area contributed by atoms with Gasteiger partial charge >= 0.3 is 0 Å². The van der Waals surface area contributed by atoms with Gasteiger partial charge in [-0.25, -0.2) is 4.98 Å². The molecule has 0 aliphatic carbocycles. The normalized spacial score (nSPS) is 10.8. The summed E-state index contributed by atoms with van der Waals surface area (Å²) in [6, 6.07) is 13.7. The highest BCUT2D eigenvalue weighted by atomic mass is 79.9. The summed E-state index contributed by atoms with van der Waals surface area (Å²) in [5.41, 5.74) is 3.85. The molecule has 4 nitrogen and oxygen atoms in total. The van der Waals surface area contributed by atoms with Gasteiger partial charge in [0.2, 0.25) is 5.91 Å². The number of fused-ring (bicyclic) bond motifs is 1. The third-order valence-electron chi connectivity index (χ3n) is 3.56. The lowest BCUT2D eigenvalue weighted by atomic mass is 10.1. The average Bonchev–Trinajstić information content (AvgIpc) is 2.83. The van der Waals surface area contributed by atoms with Gasteiger partial charge in [0.1, 0.15) is 5.65 Å². The molecular formula is C17H16BrN3O. The van der Waals surface area contributed by atoms with Crippen LogP contribution in [0.5, 0.6) is 0 Å². The van der Waals surface area contributed by atoms with Crippen molar-refractivity contribution in [3.63, 3.8) is 0 Å². The topological polar surface area (TPSA) is 46.4 Å². The van der Waals surface area contributed by atoms with E-state index < -0.39 is 0 Å². The van der Waals surface area contributed by atoms with E-state index in [4.69, 9.17) is 0 Å². The van der Waals surface area contributed by atoms with Crippen molar-refractivity contribution < 1.29 is 4.79 Å². The van der Waals surface area contributed by atoms with E-state index in [1.54, 1.807) is 0 Å². The predicted molar refractivity (Wildman–Crippen MR) is 89.6 cm³/mol. The molecule has 0 unspecified atom stereocenters. The Morgan fingerprint density at radius 2 is 2.00 bits per heavy atom. The van der Waals surface area contributed by atoms with E-state index in [0.29, 0.717) is 13.0 Å². The summed E-state index contributed by atoms with van der Waals surface area (Å²) in [5, 5.41) is 2.97. The molecule has 5 heteroatoms. The van der Waals surface area contributed by atoms with Gasteiger partial charge in [-0.1, -0.05) is 34.1 Å². The van der Waals surface area contributed by atoms with Crippen LogP contribution in [0.1, 0.15) is 17.0 Å². The van der Waals surface area contributed by atoms with Crippen molar-refractivity contribution in [1.82, 2.24) is 14.7 Å². The quantitative estimate of drug-likeness (QED) is 0.778. The zero-order chi connectivity index (χ0) is 15.5. The minimum absolute atomic E-state index is 0.00704. The number of carbonyl (C=O) groups is 1. The van der Waals surface area contributed by atoms with Crippen molar-refractivity contribution in [3.05, 3.63) is 70.1 Å². The number of hydrogen-bond acceptors (Lipinski definition) is 2. The fourth-order valence-electron chi connectivity index (χ4n) is 2.41. The van der Waals surface area contributed by atoms with Gasteiger partial charge in [-0.05, 0) is 36.8 Å². The number of imidazole rings is 1. The predicted octanol–water partition coefficient (Wildman–Crippen LogP) is 3.26. The smallest absolute Gasteiger partial charge is 0.224 e. The first-order chi connectivity index (χ1) is 10.6. The molecule has 1 amide bonds. The second-order valence-corrected chi connectivity index (χ2v) is 6.07. The lowest BCUT2D eigenvalue weighted by molar-refractivity contribution is -0.120. The zero-order valence-electron chi connectivity index (χ0n) is 12.2. The Hall–Kier alpha value is -2.14. The van der Waals surface area contributed by atoms with Crippen LogP contribution < -0.4 is 5.32 Å². The van der Waals surface area contributed by atoms with Crippen LogP contribution in [-0.4, -0.2) is 15.3 Å². The summed E-state index contributed by atoms with van der Waals surface area (Å²) in [4.78, 5) is 16.6. The second-order valence-electron chi connectivity index (χ2n) is 5.15. The van der Waals surface area contributed by atoms with Crippen LogP contribution in [0.2, 0.25) is 0 Å². The van der Waals surface area contributed by atoms with E-state index in [2.05, 4.69) is 26.2 Å². The first kappa shape index (κ1) is 14.8. The molecule has 0 aliphatic heterocycles. The SMILES string of the molecule is Cc1nc2ccccn2c1CNC(=O)Cc1ccc(Br)cc1. The highest BCUT2D eigenvalue weighted by Crippen LogP contribution is 2.12. The Morgan fingerprint density at radius 1 is 1.23 bits per heavy atom. The van der Waals surface area contributed by atoms with Gasteiger partial charge in [-0.3, -0.25) is 4.79 Å². The summed E-state index contributed by atoms with van der Waals surface area (Å²) in [6.45, 7) is 2.44. The molecule has 2 aromatic heterocycles. The molecule has 0 saturated heterocycles. The van der Waals surface area contributed by atoms with Crippen LogP contribution in [0.4, 0.5) is 0 Å². The van der Waals surface area contributed by atoms with Crippen molar-refractivity contribution in [2.24, 2.45) is 0 Å². The van der Waals surface area contributed by atoms with Crippen LogP contribution in [-0.2, 0) is 17.8 Å². The van der Waals surface area contributed by atoms with Crippen molar-refractivity contribution in [3.8, 4) is 0 Å². The van der Waals surface area contributed by atoms with Crippen molar-refractivity contribution in [1.29, 1.82) is 0 Å². The lowest BCUT2D eigenvalue weighted by Gasteiger charge is -2.06. The number of pyridine rings is 1. The van der Waals surface area contributed by atoms with Gasteiger partial charge in [0, 0.05) is 10.7 Å². The van der Waals surface area contributed by atoms with E-state index in [9.17, 15) is 4.79 Å². The number of amides is 1. The van der Waals surface area contributed by atoms with Crippen LogP contribution >= 0.6 is 15.9 Å². The Labute approximate surface area is 137 Å². The number of aromatic nitrogens is 2. The molecular weight excluding hydrogens is 342 g/mol. The Morgan fingerprint density at radius 3 is 2.77 bits per heavy atom. The van der Waals surface area contributed by atoms with Crippen molar-refractivity contribution in [2.75, 3.05) is 0 Å². The number of nitrogens with one attached hydrogen (secondary N) is 1. The maximum Gasteiger partial charge on any atom is 0.224 e. The standard InChI is InChI=1S/C17H16BrN3O/c1-12-15(21-9-3-2-4-16(21)20-12)11-19-17(22)10-13-5-7-14(18)8-6-13/h2-9H,10-11H2,1H3,(H,19,22).